The van der Waals surface area contributed by atoms with Crippen molar-refractivity contribution in [1.82, 2.24) is 0 Å². The second-order valence-electron chi connectivity index (χ2n) is 5.63. The van der Waals surface area contributed by atoms with Crippen molar-refractivity contribution in [2.45, 2.75) is 32.9 Å². The van der Waals surface area contributed by atoms with Crippen LogP contribution in [0.2, 0.25) is 0 Å². The van der Waals surface area contributed by atoms with Crippen molar-refractivity contribution in [3.05, 3.63) is 24.3 Å². The zero-order valence-electron chi connectivity index (χ0n) is 11.2. The molecule has 1 unspecified atom stereocenters. The molecule has 1 saturated heterocycles. The monoisotopic (exact) mass is 287 g/mol. The summed E-state index contributed by atoms with van der Waals surface area (Å²) in [6.07, 6.45) is 1.12. The van der Waals surface area contributed by atoms with Crippen molar-refractivity contribution in [3.8, 4) is 5.75 Å². The second kappa shape index (κ2) is 5.99. The number of halogens is 2. The molecule has 1 aliphatic rings. The van der Waals surface area contributed by atoms with Crippen molar-refractivity contribution >= 4 is 17.4 Å². The first-order valence-corrected chi connectivity index (χ1v) is 7.49. The van der Waals surface area contributed by atoms with E-state index in [2.05, 4.69) is 23.9 Å². The molecule has 0 aromatic heterocycles. The maximum atomic E-state index is 12.0. The Morgan fingerprint density at radius 1 is 1.32 bits per heavy atom. The molecule has 1 fully saturated rings. The first-order valence-electron chi connectivity index (χ1n) is 6.34. The molecule has 0 spiro atoms. The van der Waals surface area contributed by atoms with Gasteiger partial charge in [0.1, 0.15) is 5.75 Å². The van der Waals surface area contributed by atoms with Gasteiger partial charge in [0.25, 0.3) is 0 Å². The van der Waals surface area contributed by atoms with Gasteiger partial charge in [0.05, 0.1) is 0 Å². The highest BCUT2D eigenvalue weighted by atomic mass is 32.2. The first kappa shape index (κ1) is 14.4. The van der Waals surface area contributed by atoms with E-state index < -0.39 is 6.61 Å². The van der Waals surface area contributed by atoms with Crippen LogP contribution in [0.3, 0.4) is 0 Å². The number of ether oxygens (including phenoxy) is 1. The van der Waals surface area contributed by atoms with Crippen LogP contribution in [0.15, 0.2) is 24.3 Å². The van der Waals surface area contributed by atoms with Crippen molar-refractivity contribution in [2.75, 3.05) is 16.8 Å². The number of alkyl halides is 2. The lowest BCUT2D eigenvalue weighted by atomic mass is 9.88. The number of nitrogens with one attached hydrogen (secondary N) is 1. The molecule has 1 aliphatic heterocycles. The Bertz CT molecular complexity index is 408. The zero-order valence-corrected chi connectivity index (χ0v) is 12.0. The van der Waals surface area contributed by atoms with E-state index in [4.69, 9.17) is 0 Å². The molecule has 0 saturated carbocycles. The second-order valence-corrected chi connectivity index (χ2v) is 6.66. The number of benzene rings is 1. The summed E-state index contributed by atoms with van der Waals surface area (Å²) < 4.78 is 28.4. The Morgan fingerprint density at radius 2 is 2.00 bits per heavy atom. The quantitative estimate of drug-likeness (QED) is 0.895. The van der Waals surface area contributed by atoms with Crippen LogP contribution in [0.1, 0.15) is 20.3 Å². The van der Waals surface area contributed by atoms with E-state index in [1.54, 1.807) is 24.3 Å². The summed E-state index contributed by atoms with van der Waals surface area (Å²) in [5.41, 5.74) is 1.30. The molecule has 19 heavy (non-hydrogen) atoms. The minimum Gasteiger partial charge on any atom is -0.435 e. The standard InChI is InChI=1S/C14H19F2NOS/c1-14(2)7-11(8-19-9-14)17-10-3-5-12(6-4-10)18-13(15)16/h3-6,11,13,17H,7-9H2,1-2H3. The highest BCUT2D eigenvalue weighted by molar-refractivity contribution is 7.99. The summed E-state index contributed by atoms with van der Waals surface area (Å²) in [5, 5.41) is 3.45. The number of hydrogen-bond donors (Lipinski definition) is 1. The molecule has 1 aromatic carbocycles. The third kappa shape index (κ3) is 4.56. The predicted octanol–water partition coefficient (Wildman–Crippen LogP) is 4.23. The van der Waals surface area contributed by atoms with E-state index in [-0.39, 0.29) is 5.75 Å². The third-order valence-corrected chi connectivity index (χ3v) is 4.68. The van der Waals surface area contributed by atoms with E-state index in [9.17, 15) is 8.78 Å². The molecule has 1 heterocycles. The molecule has 5 heteroatoms. The molecule has 2 nitrogen and oxygen atoms in total. The number of rotatable bonds is 4. The van der Waals surface area contributed by atoms with Gasteiger partial charge in [-0.15, -0.1) is 0 Å². The van der Waals surface area contributed by atoms with Gasteiger partial charge in [-0.2, -0.15) is 20.5 Å². The normalized spacial score (nSPS) is 22.3. The Morgan fingerprint density at radius 3 is 2.58 bits per heavy atom. The van der Waals surface area contributed by atoms with Crippen molar-refractivity contribution in [1.29, 1.82) is 0 Å². The van der Waals surface area contributed by atoms with Gasteiger partial charge in [0, 0.05) is 17.5 Å². The topological polar surface area (TPSA) is 21.3 Å². The molecule has 0 radical (unpaired) electrons. The largest absolute Gasteiger partial charge is 0.435 e. The van der Waals surface area contributed by atoms with Crippen LogP contribution in [-0.4, -0.2) is 24.2 Å². The van der Waals surface area contributed by atoms with Gasteiger partial charge in [-0.1, -0.05) is 13.8 Å². The van der Waals surface area contributed by atoms with Crippen LogP contribution in [0.5, 0.6) is 5.75 Å². The van der Waals surface area contributed by atoms with Gasteiger partial charge in [0.2, 0.25) is 0 Å². The van der Waals surface area contributed by atoms with Crippen LogP contribution >= 0.6 is 11.8 Å². The average molecular weight is 287 g/mol. The predicted molar refractivity (Wildman–Crippen MR) is 76.2 cm³/mol. The lowest BCUT2D eigenvalue weighted by molar-refractivity contribution is -0.0498. The maximum absolute atomic E-state index is 12.0. The Kier molecular flexibility index (Phi) is 4.55. The summed E-state index contributed by atoms with van der Waals surface area (Å²) in [6, 6.07) is 7.12. The molecule has 2 rings (SSSR count). The van der Waals surface area contributed by atoms with E-state index in [0.717, 1.165) is 17.9 Å². The van der Waals surface area contributed by atoms with Crippen LogP contribution in [0, 0.1) is 5.41 Å². The SMILES string of the molecule is CC1(C)CSCC(Nc2ccc(OC(F)F)cc2)C1. The van der Waals surface area contributed by atoms with E-state index in [1.807, 2.05) is 11.8 Å². The van der Waals surface area contributed by atoms with Gasteiger partial charge >= 0.3 is 6.61 Å². The smallest absolute Gasteiger partial charge is 0.387 e. The zero-order chi connectivity index (χ0) is 13.9. The minimum absolute atomic E-state index is 0.193. The van der Waals surface area contributed by atoms with E-state index in [1.165, 1.54) is 5.75 Å². The molecule has 1 aromatic rings. The molecule has 1 N–H and O–H groups in total. The van der Waals surface area contributed by atoms with Gasteiger partial charge in [0.15, 0.2) is 0 Å². The van der Waals surface area contributed by atoms with E-state index in [0.29, 0.717) is 11.5 Å². The lowest BCUT2D eigenvalue weighted by Crippen LogP contribution is -2.35. The summed E-state index contributed by atoms with van der Waals surface area (Å²) >= 11 is 1.95. The van der Waals surface area contributed by atoms with Crippen LogP contribution in [0.25, 0.3) is 0 Å². The van der Waals surface area contributed by atoms with Crippen LogP contribution in [0.4, 0.5) is 14.5 Å². The summed E-state index contributed by atoms with van der Waals surface area (Å²) in [4.78, 5) is 0. The van der Waals surface area contributed by atoms with E-state index >= 15 is 0 Å². The third-order valence-electron chi connectivity index (χ3n) is 3.06. The molecule has 106 valence electrons. The number of hydrogen-bond acceptors (Lipinski definition) is 3. The number of thioether (sulfide) groups is 1. The van der Waals surface area contributed by atoms with Crippen molar-refractivity contribution in [2.24, 2.45) is 5.41 Å². The maximum Gasteiger partial charge on any atom is 0.387 e. The fraction of sp³-hybridized carbons (Fsp3) is 0.571. The number of anilines is 1. The lowest BCUT2D eigenvalue weighted by Gasteiger charge is -2.35. The molecule has 0 bridgehead atoms. The molecule has 0 aliphatic carbocycles. The van der Waals surface area contributed by atoms with Gasteiger partial charge < -0.3 is 10.1 Å². The fourth-order valence-electron chi connectivity index (χ4n) is 2.32. The molecular weight excluding hydrogens is 268 g/mol. The van der Waals surface area contributed by atoms with Crippen LogP contribution < -0.4 is 10.1 Å². The highest BCUT2D eigenvalue weighted by Gasteiger charge is 2.28. The van der Waals surface area contributed by atoms with Gasteiger partial charge in [-0.25, -0.2) is 0 Å². The average Bonchev–Trinajstić information content (AvgIpc) is 2.30. The Hall–Kier alpha value is -0.970. The summed E-state index contributed by atoms with van der Waals surface area (Å²) in [7, 11) is 0. The van der Waals surface area contributed by atoms with Crippen molar-refractivity contribution < 1.29 is 13.5 Å². The molecule has 1 atom stereocenters. The highest BCUT2D eigenvalue weighted by Crippen LogP contribution is 2.34. The minimum atomic E-state index is -2.77. The summed E-state index contributed by atoms with van der Waals surface area (Å²) in [5.74, 6) is 2.46. The van der Waals surface area contributed by atoms with Crippen LogP contribution in [-0.2, 0) is 0 Å². The molecule has 0 amide bonds. The summed E-state index contributed by atoms with van der Waals surface area (Å²) in [6.45, 7) is 1.77. The van der Waals surface area contributed by atoms with Gasteiger partial charge in [-0.05, 0) is 41.9 Å². The first-order chi connectivity index (χ1) is 8.94. The molecular formula is C14H19F2NOS. The Balaban J connectivity index is 1.92. The van der Waals surface area contributed by atoms with Crippen molar-refractivity contribution in [3.63, 3.8) is 0 Å². The van der Waals surface area contributed by atoms with Gasteiger partial charge in [-0.3, -0.25) is 0 Å². The Labute approximate surface area is 116 Å². The fourth-order valence-corrected chi connectivity index (χ4v) is 3.60.